The van der Waals surface area contributed by atoms with Gasteiger partial charge < -0.3 is 14.6 Å². The summed E-state index contributed by atoms with van der Waals surface area (Å²) < 4.78 is 2.02. The van der Waals surface area contributed by atoms with Crippen molar-refractivity contribution in [2.75, 3.05) is 6.54 Å². The van der Waals surface area contributed by atoms with Crippen molar-refractivity contribution in [2.45, 2.75) is 19.5 Å². The minimum Gasteiger partial charge on any atom is -0.478 e. The van der Waals surface area contributed by atoms with E-state index < -0.39 is 5.97 Å². The van der Waals surface area contributed by atoms with Gasteiger partial charge in [-0.25, -0.2) is 9.78 Å². The molecular formula is C15H15N3O3. The Labute approximate surface area is 121 Å². The number of hydrogen-bond acceptors (Lipinski definition) is 3. The molecule has 1 amide bonds. The van der Waals surface area contributed by atoms with E-state index in [9.17, 15) is 9.59 Å². The van der Waals surface area contributed by atoms with Crippen molar-refractivity contribution in [2.24, 2.45) is 0 Å². The summed E-state index contributed by atoms with van der Waals surface area (Å²) in [6, 6.07) is 6.62. The highest BCUT2D eigenvalue weighted by Crippen LogP contribution is 2.15. The molecule has 1 aromatic heterocycles. The van der Waals surface area contributed by atoms with Gasteiger partial charge in [-0.3, -0.25) is 4.79 Å². The van der Waals surface area contributed by atoms with Crippen LogP contribution < -0.4 is 0 Å². The number of benzene rings is 1. The van der Waals surface area contributed by atoms with E-state index in [1.54, 1.807) is 29.3 Å². The predicted molar refractivity (Wildman–Crippen MR) is 74.7 cm³/mol. The van der Waals surface area contributed by atoms with Crippen LogP contribution in [0.1, 0.15) is 21.7 Å². The van der Waals surface area contributed by atoms with Crippen LogP contribution in [0.25, 0.3) is 0 Å². The van der Waals surface area contributed by atoms with E-state index in [0.717, 1.165) is 12.4 Å². The number of fused-ring (bicyclic) bond motifs is 1. The quantitative estimate of drug-likeness (QED) is 0.918. The van der Waals surface area contributed by atoms with Crippen molar-refractivity contribution in [1.29, 1.82) is 0 Å². The lowest BCUT2D eigenvalue weighted by molar-refractivity contribution is -0.132. The smallest absolute Gasteiger partial charge is 0.335 e. The molecule has 108 valence electrons. The topological polar surface area (TPSA) is 75.4 Å². The van der Waals surface area contributed by atoms with Crippen LogP contribution in [0.4, 0.5) is 0 Å². The molecule has 6 nitrogen and oxygen atoms in total. The maximum atomic E-state index is 12.4. The lowest BCUT2D eigenvalue weighted by Gasteiger charge is -2.28. The third-order valence-corrected chi connectivity index (χ3v) is 3.69. The van der Waals surface area contributed by atoms with E-state index in [2.05, 4.69) is 4.98 Å². The maximum absolute atomic E-state index is 12.4. The summed E-state index contributed by atoms with van der Waals surface area (Å²) in [5.74, 6) is -0.216. The van der Waals surface area contributed by atoms with Gasteiger partial charge in [0.1, 0.15) is 5.82 Å². The van der Waals surface area contributed by atoms with E-state index in [1.165, 1.54) is 6.07 Å². The monoisotopic (exact) mass is 285 g/mol. The second-order valence-electron chi connectivity index (χ2n) is 4.99. The molecule has 1 N–H and O–H groups in total. The largest absolute Gasteiger partial charge is 0.478 e. The van der Waals surface area contributed by atoms with Gasteiger partial charge >= 0.3 is 5.97 Å². The van der Waals surface area contributed by atoms with E-state index >= 15 is 0 Å². The third kappa shape index (κ3) is 2.65. The van der Waals surface area contributed by atoms with Gasteiger partial charge in [0, 0.05) is 25.5 Å². The van der Waals surface area contributed by atoms with Gasteiger partial charge in [-0.05, 0) is 11.6 Å². The lowest BCUT2D eigenvalue weighted by Crippen LogP contribution is -2.39. The van der Waals surface area contributed by atoms with E-state index in [-0.39, 0.29) is 17.9 Å². The van der Waals surface area contributed by atoms with Crippen LogP contribution in [0.2, 0.25) is 0 Å². The number of aromatic nitrogens is 2. The minimum atomic E-state index is -1.01. The Morgan fingerprint density at radius 3 is 2.86 bits per heavy atom. The number of hydrogen-bond donors (Lipinski definition) is 1. The second-order valence-corrected chi connectivity index (χ2v) is 4.99. The van der Waals surface area contributed by atoms with Gasteiger partial charge in [0.25, 0.3) is 0 Å². The number of carbonyl (C=O) groups is 2. The Bertz CT molecular complexity index is 693. The highest BCUT2D eigenvalue weighted by Gasteiger charge is 2.22. The molecule has 0 bridgehead atoms. The molecule has 3 rings (SSSR count). The van der Waals surface area contributed by atoms with Crippen molar-refractivity contribution in [3.63, 3.8) is 0 Å². The summed E-state index contributed by atoms with van der Waals surface area (Å²) in [4.78, 5) is 29.5. The van der Waals surface area contributed by atoms with Gasteiger partial charge in [0.15, 0.2) is 0 Å². The molecule has 1 aromatic carbocycles. The van der Waals surface area contributed by atoms with E-state index in [0.29, 0.717) is 18.7 Å². The number of nitrogens with zero attached hydrogens (tertiary/aromatic N) is 3. The van der Waals surface area contributed by atoms with Crippen LogP contribution in [0.5, 0.6) is 0 Å². The molecule has 21 heavy (non-hydrogen) atoms. The molecule has 0 saturated carbocycles. The number of carbonyl (C=O) groups excluding carboxylic acids is 1. The SMILES string of the molecule is O=C(O)c1ccccc1CC(=O)N1CCn2ccnc2C1. The molecule has 0 unspecified atom stereocenters. The fraction of sp³-hybridized carbons (Fsp3) is 0.267. The van der Waals surface area contributed by atoms with Gasteiger partial charge in [0.2, 0.25) is 5.91 Å². The highest BCUT2D eigenvalue weighted by atomic mass is 16.4. The van der Waals surface area contributed by atoms with Gasteiger partial charge in [-0.15, -0.1) is 0 Å². The molecule has 0 aliphatic carbocycles. The van der Waals surface area contributed by atoms with Crippen LogP contribution in [0, 0.1) is 0 Å². The molecule has 1 aliphatic rings. The highest BCUT2D eigenvalue weighted by molar-refractivity contribution is 5.91. The molecule has 1 aliphatic heterocycles. The first-order valence-electron chi connectivity index (χ1n) is 6.74. The fourth-order valence-electron chi connectivity index (χ4n) is 2.54. The molecular weight excluding hydrogens is 270 g/mol. The Balaban J connectivity index is 1.75. The van der Waals surface area contributed by atoms with Gasteiger partial charge in [-0.2, -0.15) is 0 Å². The Morgan fingerprint density at radius 2 is 2.05 bits per heavy atom. The lowest BCUT2D eigenvalue weighted by atomic mass is 10.0. The number of aromatic carboxylic acids is 1. The zero-order valence-electron chi connectivity index (χ0n) is 11.4. The Kier molecular flexibility index (Phi) is 3.43. The zero-order valence-corrected chi connectivity index (χ0v) is 11.4. The third-order valence-electron chi connectivity index (χ3n) is 3.69. The predicted octanol–water partition coefficient (Wildman–Crippen LogP) is 1.17. The number of carboxylic acid groups (broad SMARTS) is 1. The summed E-state index contributed by atoms with van der Waals surface area (Å²) in [6.07, 6.45) is 3.73. The van der Waals surface area contributed by atoms with E-state index in [4.69, 9.17) is 5.11 Å². The second kappa shape index (κ2) is 5.40. The Morgan fingerprint density at radius 1 is 1.24 bits per heavy atom. The molecule has 2 heterocycles. The first kappa shape index (κ1) is 13.4. The summed E-state index contributed by atoms with van der Waals surface area (Å²) >= 11 is 0. The van der Waals surface area contributed by atoms with Crippen LogP contribution >= 0.6 is 0 Å². The zero-order chi connectivity index (χ0) is 14.8. The van der Waals surface area contributed by atoms with Crippen molar-refractivity contribution in [3.05, 3.63) is 53.6 Å². The fourth-order valence-corrected chi connectivity index (χ4v) is 2.54. The molecule has 0 spiro atoms. The van der Waals surface area contributed by atoms with Crippen molar-refractivity contribution >= 4 is 11.9 Å². The van der Waals surface area contributed by atoms with Crippen molar-refractivity contribution in [3.8, 4) is 0 Å². The molecule has 2 aromatic rings. The van der Waals surface area contributed by atoms with Crippen LogP contribution in [-0.2, 0) is 24.3 Å². The first-order chi connectivity index (χ1) is 10.1. The van der Waals surface area contributed by atoms with Gasteiger partial charge in [-0.1, -0.05) is 18.2 Å². The summed E-state index contributed by atoms with van der Waals surface area (Å²) in [6.45, 7) is 1.82. The van der Waals surface area contributed by atoms with Crippen molar-refractivity contribution in [1.82, 2.24) is 14.5 Å². The normalized spacial score (nSPS) is 13.8. The summed E-state index contributed by atoms with van der Waals surface area (Å²) in [7, 11) is 0. The first-order valence-corrected chi connectivity index (χ1v) is 6.74. The molecule has 0 radical (unpaired) electrons. The number of imidazole rings is 1. The van der Waals surface area contributed by atoms with Crippen LogP contribution in [0.3, 0.4) is 0 Å². The number of amides is 1. The Hall–Kier alpha value is -2.63. The van der Waals surface area contributed by atoms with Gasteiger partial charge in [0.05, 0.1) is 18.5 Å². The summed E-state index contributed by atoms with van der Waals surface area (Å²) in [5, 5.41) is 9.15. The van der Waals surface area contributed by atoms with Crippen LogP contribution in [0.15, 0.2) is 36.7 Å². The maximum Gasteiger partial charge on any atom is 0.335 e. The summed E-state index contributed by atoms with van der Waals surface area (Å²) in [5.41, 5.74) is 0.730. The standard InChI is InChI=1S/C15H15N3O3/c19-14(9-11-3-1-2-4-12(11)15(20)21)18-8-7-17-6-5-16-13(17)10-18/h1-6H,7-10H2,(H,20,21). The molecule has 0 fully saturated rings. The molecule has 0 atom stereocenters. The van der Waals surface area contributed by atoms with Crippen molar-refractivity contribution < 1.29 is 14.7 Å². The average molecular weight is 285 g/mol. The minimum absolute atomic E-state index is 0.0713. The average Bonchev–Trinajstić information content (AvgIpc) is 2.94. The molecule has 0 saturated heterocycles. The van der Waals surface area contributed by atoms with E-state index in [1.807, 2.05) is 10.8 Å². The van der Waals surface area contributed by atoms with Crippen LogP contribution in [-0.4, -0.2) is 38.0 Å². The number of carboxylic acids is 1. The number of rotatable bonds is 3. The molecule has 6 heteroatoms.